The monoisotopic (exact) mass is 444 g/mol. The first-order valence-electron chi connectivity index (χ1n) is 9.12. The van der Waals surface area contributed by atoms with Crippen molar-refractivity contribution in [2.45, 2.75) is 16.3 Å². The van der Waals surface area contributed by atoms with Crippen LogP contribution in [0.25, 0.3) is 0 Å². The average molecular weight is 445 g/mol. The normalized spacial score (nSPS) is 11.4. The second-order valence-electron chi connectivity index (χ2n) is 6.49. The summed E-state index contributed by atoms with van der Waals surface area (Å²) in [6, 6.07) is 20.7. The predicted molar refractivity (Wildman–Crippen MR) is 117 cm³/mol. The van der Waals surface area contributed by atoms with Crippen molar-refractivity contribution in [3.63, 3.8) is 0 Å². The number of nitrogens with zero attached hydrogens (tertiary/aromatic N) is 1. The highest BCUT2D eigenvalue weighted by atomic mass is 32.2. The number of carbonyl (C=O) groups is 1. The molecule has 0 saturated carbocycles. The van der Waals surface area contributed by atoms with Crippen LogP contribution in [0.2, 0.25) is 0 Å². The van der Waals surface area contributed by atoms with Gasteiger partial charge in [-0.3, -0.25) is 4.79 Å². The second kappa shape index (κ2) is 9.88. The van der Waals surface area contributed by atoms with Crippen LogP contribution in [0.3, 0.4) is 0 Å². The summed E-state index contributed by atoms with van der Waals surface area (Å²) in [6.07, 6.45) is 1.93. The summed E-state index contributed by atoms with van der Waals surface area (Å²) in [5, 5.41) is 2.75. The molecule has 0 aromatic heterocycles. The minimum Gasteiger partial charge on any atom is -0.325 e. The SMILES string of the molecule is CSc1cccc(NC(=O)CN(Cc2ccc(F)cc2)S(=O)(=O)c2ccccc2)c1. The standard InChI is InChI=1S/C22H21FN2O3S2/c1-29-20-7-5-6-19(14-20)24-22(26)16-25(15-17-10-12-18(23)13-11-17)30(27,28)21-8-3-2-4-9-21/h2-14H,15-16H2,1H3,(H,24,26). The zero-order valence-corrected chi connectivity index (χ0v) is 17.9. The molecule has 1 N–H and O–H groups in total. The third-order valence-electron chi connectivity index (χ3n) is 4.33. The van der Waals surface area contributed by atoms with Crippen LogP contribution >= 0.6 is 11.8 Å². The van der Waals surface area contributed by atoms with Crippen LogP contribution < -0.4 is 5.32 Å². The van der Waals surface area contributed by atoms with E-state index in [-0.39, 0.29) is 18.0 Å². The van der Waals surface area contributed by atoms with Gasteiger partial charge in [-0.05, 0) is 54.3 Å². The molecule has 0 radical (unpaired) electrons. The molecule has 3 aromatic carbocycles. The summed E-state index contributed by atoms with van der Waals surface area (Å²) < 4.78 is 40.6. The molecule has 0 heterocycles. The lowest BCUT2D eigenvalue weighted by Gasteiger charge is -2.22. The number of hydrogen-bond donors (Lipinski definition) is 1. The Morgan fingerprint density at radius 3 is 2.37 bits per heavy atom. The highest BCUT2D eigenvalue weighted by Gasteiger charge is 2.27. The first kappa shape index (κ1) is 22.0. The molecule has 5 nitrogen and oxygen atoms in total. The number of carbonyl (C=O) groups excluding carboxylic acids is 1. The molecule has 0 fully saturated rings. The number of amides is 1. The lowest BCUT2D eigenvalue weighted by molar-refractivity contribution is -0.116. The first-order chi connectivity index (χ1) is 14.4. The summed E-state index contributed by atoms with van der Waals surface area (Å²) >= 11 is 1.54. The van der Waals surface area contributed by atoms with E-state index in [0.717, 1.165) is 9.20 Å². The van der Waals surface area contributed by atoms with Crippen molar-refractivity contribution in [2.75, 3.05) is 18.1 Å². The Labute approximate surface area is 180 Å². The summed E-state index contributed by atoms with van der Waals surface area (Å²) in [4.78, 5) is 13.7. The van der Waals surface area contributed by atoms with Gasteiger partial charge in [0.15, 0.2) is 0 Å². The van der Waals surface area contributed by atoms with Crippen LogP contribution in [-0.4, -0.2) is 31.4 Å². The van der Waals surface area contributed by atoms with E-state index in [1.54, 1.807) is 36.0 Å². The van der Waals surface area contributed by atoms with E-state index in [0.29, 0.717) is 11.3 Å². The van der Waals surface area contributed by atoms with Crippen molar-refractivity contribution in [3.05, 3.63) is 90.2 Å². The fourth-order valence-electron chi connectivity index (χ4n) is 2.82. The Morgan fingerprint density at radius 2 is 1.70 bits per heavy atom. The van der Waals surface area contributed by atoms with E-state index in [4.69, 9.17) is 0 Å². The summed E-state index contributed by atoms with van der Waals surface area (Å²) in [7, 11) is -3.93. The Balaban J connectivity index is 1.84. The fourth-order valence-corrected chi connectivity index (χ4v) is 4.69. The molecule has 0 atom stereocenters. The van der Waals surface area contributed by atoms with Crippen molar-refractivity contribution in [2.24, 2.45) is 0 Å². The number of sulfonamides is 1. The Hall–Kier alpha value is -2.68. The third-order valence-corrected chi connectivity index (χ3v) is 6.86. The number of anilines is 1. The highest BCUT2D eigenvalue weighted by molar-refractivity contribution is 7.98. The van der Waals surface area contributed by atoms with Crippen LogP contribution in [0, 0.1) is 5.82 Å². The van der Waals surface area contributed by atoms with Gasteiger partial charge in [-0.1, -0.05) is 36.4 Å². The van der Waals surface area contributed by atoms with Gasteiger partial charge in [-0.15, -0.1) is 11.8 Å². The van der Waals surface area contributed by atoms with E-state index in [2.05, 4.69) is 5.32 Å². The zero-order valence-electron chi connectivity index (χ0n) is 16.3. The predicted octanol–water partition coefficient (Wildman–Crippen LogP) is 4.38. The number of halogens is 1. The van der Waals surface area contributed by atoms with Crippen molar-refractivity contribution in [1.29, 1.82) is 0 Å². The first-order valence-corrected chi connectivity index (χ1v) is 11.8. The number of benzene rings is 3. The summed E-state index contributed by atoms with van der Waals surface area (Å²) in [6.45, 7) is -0.437. The third kappa shape index (κ3) is 5.69. The molecule has 156 valence electrons. The maximum Gasteiger partial charge on any atom is 0.243 e. The maximum absolute atomic E-state index is 13.2. The Kier molecular flexibility index (Phi) is 7.25. The smallest absolute Gasteiger partial charge is 0.243 e. The molecule has 0 spiro atoms. The molecular formula is C22H21FN2O3S2. The van der Waals surface area contributed by atoms with Gasteiger partial charge in [0.25, 0.3) is 0 Å². The molecule has 0 unspecified atom stereocenters. The molecule has 8 heteroatoms. The number of rotatable bonds is 8. The molecule has 1 amide bonds. The minimum atomic E-state index is -3.93. The topological polar surface area (TPSA) is 66.5 Å². The van der Waals surface area contributed by atoms with E-state index in [1.807, 2.05) is 24.5 Å². The zero-order chi connectivity index (χ0) is 21.6. The van der Waals surface area contributed by atoms with Crippen molar-refractivity contribution < 1.29 is 17.6 Å². The van der Waals surface area contributed by atoms with Crippen molar-refractivity contribution >= 4 is 33.4 Å². The molecule has 3 aromatic rings. The van der Waals surface area contributed by atoms with Crippen LogP contribution in [-0.2, 0) is 21.4 Å². The average Bonchev–Trinajstić information content (AvgIpc) is 2.75. The van der Waals surface area contributed by atoms with Gasteiger partial charge in [0.1, 0.15) is 5.82 Å². The number of thioether (sulfide) groups is 1. The van der Waals surface area contributed by atoms with E-state index in [1.165, 1.54) is 36.4 Å². The van der Waals surface area contributed by atoms with Gasteiger partial charge in [0.05, 0.1) is 11.4 Å². The second-order valence-corrected chi connectivity index (χ2v) is 9.31. The Morgan fingerprint density at radius 1 is 1.00 bits per heavy atom. The van der Waals surface area contributed by atoms with E-state index < -0.39 is 21.7 Å². The molecule has 3 rings (SSSR count). The van der Waals surface area contributed by atoms with Crippen molar-refractivity contribution in [3.8, 4) is 0 Å². The molecule has 0 aliphatic carbocycles. The fraction of sp³-hybridized carbons (Fsp3) is 0.136. The largest absolute Gasteiger partial charge is 0.325 e. The lowest BCUT2D eigenvalue weighted by atomic mass is 10.2. The van der Waals surface area contributed by atoms with E-state index in [9.17, 15) is 17.6 Å². The van der Waals surface area contributed by atoms with Crippen LogP contribution in [0.4, 0.5) is 10.1 Å². The summed E-state index contributed by atoms with van der Waals surface area (Å²) in [5.41, 5.74) is 1.17. The van der Waals surface area contributed by atoms with Crippen LogP contribution in [0.15, 0.2) is 88.7 Å². The molecule has 0 saturated heterocycles. The summed E-state index contributed by atoms with van der Waals surface area (Å²) in [5.74, 6) is -0.877. The van der Waals surface area contributed by atoms with Gasteiger partial charge < -0.3 is 5.32 Å². The van der Waals surface area contributed by atoms with E-state index >= 15 is 0 Å². The van der Waals surface area contributed by atoms with Crippen LogP contribution in [0.5, 0.6) is 0 Å². The van der Waals surface area contributed by atoms with Crippen LogP contribution in [0.1, 0.15) is 5.56 Å². The number of hydrogen-bond acceptors (Lipinski definition) is 4. The lowest BCUT2D eigenvalue weighted by Crippen LogP contribution is -2.37. The van der Waals surface area contributed by atoms with Gasteiger partial charge in [0, 0.05) is 17.1 Å². The highest BCUT2D eigenvalue weighted by Crippen LogP contribution is 2.21. The van der Waals surface area contributed by atoms with Crippen molar-refractivity contribution in [1.82, 2.24) is 4.31 Å². The van der Waals surface area contributed by atoms with Gasteiger partial charge in [-0.2, -0.15) is 4.31 Å². The number of nitrogens with one attached hydrogen (secondary N) is 1. The van der Waals surface area contributed by atoms with Gasteiger partial charge in [0.2, 0.25) is 15.9 Å². The molecule has 0 aliphatic rings. The maximum atomic E-state index is 13.2. The van der Waals surface area contributed by atoms with Gasteiger partial charge >= 0.3 is 0 Å². The minimum absolute atomic E-state index is 0.0597. The molecule has 0 aliphatic heterocycles. The quantitative estimate of drug-likeness (QED) is 0.524. The Bertz CT molecular complexity index is 1100. The molecule has 0 bridgehead atoms. The molecule has 30 heavy (non-hydrogen) atoms. The molecular weight excluding hydrogens is 423 g/mol. The van der Waals surface area contributed by atoms with Gasteiger partial charge in [-0.25, -0.2) is 12.8 Å².